The van der Waals surface area contributed by atoms with Gasteiger partial charge in [0.2, 0.25) is 0 Å². The molecule has 2 aromatic rings. The minimum absolute atomic E-state index is 0.0755. The number of para-hydroxylation sites is 2. The Bertz CT molecular complexity index is 920. The Labute approximate surface area is 163 Å². The Kier molecular flexibility index (Phi) is 4.32. The minimum atomic E-state index is -0.298. The molecule has 0 bridgehead atoms. The summed E-state index contributed by atoms with van der Waals surface area (Å²) in [5.74, 6) is -0.0796. The first kappa shape index (κ1) is 17.6. The SMILES string of the molecule is CC1(C)CC(=O)C2C(=Nc3ccccc3N[C@H]2c2ccc(Cl)c(Cl)c2)C1. The van der Waals surface area contributed by atoms with E-state index in [0.717, 1.165) is 29.1 Å². The molecule has 1 fully saturated rings. The van der Waals surface area contributed by atoms with Gasteiger partial charge in [-0.1, -0.05) is 55.2 Å². The van der Waals surface area contributed by atoms with Crippen LogP contribution in [0.1, 0.15) is 38.3 Å². The third kappa shape index (κ3) is 3.15. The highest BCUT2D eigenvalue weighted by atomic mass is 35.5. The van der Waals surface area contributed by atoms with Crippen molar-refractivity contribution in [2.45, 2.75) is 32.7 Å². The van der Waals surface area contributed by atoms with Crippen molar-refractivity contribution in [2.75, 3.05) is 5.32 Å². The Hall–Kier alpha value is -1.84. The second kappa shape index (κ2) is 6.40. The molecule has 0 radical (unpaired) electrons. The number of Topliss-reactive ketones (excluding diaryl/α,β-unsaturated/α-hetero) is 1. The van der Waals surface area contributed by atoms with Crippen LogP contribution in [0.25, 0.3) is 0 Å². The topological polar surface area (TPSA) is 41.5 Å². The van der Waals surface area contributed by atoms with Crippen LogP contribution < -0.4 is 5.32 Å². The van der Waals surface area contributed by atoms with E-state index in [0.29, 0.717) is 16.5 Å². The molecule has 0 spiro atoms. The highest BCUT2D eigenvalue weighted by Crippen LogP contribution is 2.45. The molecular weight excluding hydrogens is 367 g/mol. The predicted octanol–water partition coefficient (Wildman–Crippen LogP) is 6.24. The summed E-state index contributed by atoms with van der Waals surface area (Å²) >= 11 is 12.3. The Balaban J connectivity index is 1.87. The summed E-state index contributed by atoms with van der Waals surface area (Å²) in [6.45, 7) is 4.25. The van der Waals surface area contributed by atoms with Crippen molar-refractivity contribution in [3.05, 3.63) is 58.1 Å². The Morgan fingerprint density at radius 1 is 1.08 bits per heavy atom. The molecule has 5 heteroatoms. The number of anilines is 1. The van der Waals surface area contributed by atoms with Gasteiger partial charge in [-0.2, -0.15) is 0 Å². The van der Waals surface area contributed by atoms with Crippen LogP contribution in [0.5, 0.6) is 0 Å². The van der Waals surface area contributed by atoms with Gasteiger partial charge in [0.25, 0.3) is 0 Å². The monoisotopic (exact) mass is 386 g/mol. The number of benzene rings is 2. The van der Waals surface area contributed by atoms with E-state index in [1.54, 1.807) is 6.07 Å². The van der Waals surface area contributed by atoms with Gasteiger partial charge in [-0.15, -0.1) is 0 Å². The van der Waals surface area contributed by atoms with E-state index in [9.17, 15) is 4.79 Å². The van der Waals surface area contributed by atoms with Crippen LogP contribution in [-0.2, 0) is 4.79 Å². The number of rotatable bonds is 1. The van der Waals surface area contributed by atoms with E-state index in [-0.39, 0.29) is 23.2 Å². The van der Waals surface area contributed by atoms with Crippen LogP contribution >= 0.6 is 23.2 Å². The zero-order valence-electron chi connectivity index (χ0n) is 14.7. The third-order valence-electron chi connectivity index (χ3n) is 5.13. The molecule has 1 aliphatic heterocycles. The van der Waals surface area contributed by atoms with Crippen molar-refractivity contribution < 1.29 is 4.79 Å². The van der Waals surface area contributed by atoms with Gasteiger partial charge in [0, 0.05) is 12.1 Å². The van der Waals surface area contributed by atoms with Crippen molar-refractivity contribution >= 4 is 46.1 Å². The highest BCUT2D eigenvalue weighted by Gasteiger charge is 2.43. The van der Waals surface area contributed by atoms with Crippen molar-refractivity contribution in [1.29, 1.82) is 0 Å². The molecule has 1 N–H and O–H groups in total. The zero-order valence-corrected chi connectivity index (χ0v) is 16.2. The van der Waals surface area contributed by atoms with Gasteiger partial charge in [0.1, 0.15) is 5.78 Å². The molecule has 0 amide bonds. The molecule has 1 unspecified atom stereocenters. The lowest BCUT2D eigenvalue weighted by atomic mass is 9.68. The largest absolute Gasteiger partial charge is 0.375 e. The number of carbonyl (C=O) groups excluding carboxylic acids is 1. The van der Waals surface area contributed by atoms with Crippen molar-refractivity contribution in [2.24, 2.45) is 16.3 Å². The molecule has 4 rings (SSSR count). The van der Waals surface area contributed by atoms with E-state index in [1.165, 1.54) is 0 Å². The molecule has 134 valence electrons. The van der Waals surface area contributed by atoms with Crippen molar-refractivity contribution in [3.63, 3.8) is 0 Å². The van der Waals surface area contributed by atoms with E-state index in [2.05, 4.69) is 19.2 Å². The maximum Gasteiger partial charge on any atom is 0.144 e. The molecule has 1 aliphatic carbocycles. The molecule has 2 atom stereocenters. The summed E-state index contributed by atoms with van der Waals surface area (Å²) < 4.78 is 0. The van der Waals surface area contributed by atoms with Crippen LogP contribution in [0.15, 0.2) is 47.5 Å². The average molecular weight is 387 g/mol. The Morgan fingerprint density at radius 2 is 1.85 bits per heavy atom. The lowest BCUT2D eigenvalue weighted by Crippen LogP contribution is -2.42. The van der Waals surface area contributed by atoms with Gasteiger partial charge in [-0.25, -0.2) is 0 Å². The quantitative estimate of drug-likeness (QED) is 0.630. The molecule has 1 heterocycles. The van der Waals surface area contributed by atoms with E-state index < -0.39 is 0 Å². The highest BCUT2D eigenvalue weighted by molar-refractivity contribution is 6.42. The maximum atomic E-state index is 13.1. The fraction of sp³-hybridized carbons (Fsp3) is 0.333. The summed E-state index contributed by atoms with van der Waals surface area (Å²) in [6.07, 6.45) is 1.35. The molecule has 0 aromatic heterocycles. The number of nitrogens with one attached hydrogen (secondary N) is 1. The van der Waals surface area contributed by atoms with Gasteiger partial charge >= 0.3 is 0 Å². The zero-order chi connectivity index (χ0) is 18.5. The van der Waals surface area contributed by atoms with Gasteiger partial charge in [0.05, 0.1) is 33.4 Å². The van der Waals surface area contributed by atoms with Gasteiger partial charge < -0.3 is 5.32 Å². The van der Waals surface area contributed by atoms with Crippen LogP contribution in [-0.4, -0.2) is 11.5 Å². The Morgan fingerprint density at radius 3 is 2.62 bits per heavy atom. The lowest BCUT2D eigenvalue weighted by molar-refractivity contribution is -0.124. The molecule has 2 aliphatic rings. The summed E-state index contributed by atoms with van der Waals surface area (Å²) in [5, 5.41) is 4.54. The smallest absolute Gasteiger partial charge is 0.144 e. The second-order valence-corrected chi connectivity index (χ2v) is 8.69. The summed E-state index contributed by atoms with van der Waals surface area (Å²) in [4.78, 5) is 18.0. The fourth-order valence-corrected chi connectivity index (χ4v) is 4.30. The number of hydrogen-bond donors (Lipinski definition) is 1. The molecule has 26 heavy (non-hydrogen) atoms. The normalized spacial score (nSPS) is 24.0. The van der Waals surface area contributed by atoms with Crippen LogP contribution in [0.2, 0.25) is 10.0 Å². The maximum absolute atomic E-state index is 13.1. The van der Waals surface area contributed by atoms with Gasteiger partial charge in [-0.3, -0.25) is 9.79 Å². The van der Waals surface area contributed by atoms with Crippen LogP contribution in [0.3, 0.4) is 0 Å². The van der Waals surface area contributed by atoms with Crippen molar-refractivity contribution in [1.82, 2.24) is 0 Å². The number of halogens is 2. The minimum Gasteiger partial charge on any atom is -0.375 e. The van der Waals surface area contributed by atoms with E-state index >= 15 is 0 Å². The summed E-state index contributed by atoms with van der Waals surface area (Å²) in [7, 11) is 0. The fourth-order valence-electron chi connectivity index (χ4n) is 4.00. The number of nitrogens with zero attached hydrogens (tertiary/aromatic N) is 1. The summed E-state index contributed by atoms with van der Waals surface area (Å²) in [6, 6.07) is 13.3. The first-order valence-corrected chi connectivity index (χ1v) is 9.50. The molecule has 1 saturated carbocycles. The summed E-state index contributed by atoms with van der Waals surface area (Å²) in [5.41, 5.74) is 3.62. The third-order valence-corrected chi connectivity index (χ3v) is 5.87. The second-order valence-electron chi connectivity index (χ2n) is 7.88. The molecule has 0 saturated heterocycles. The molecule has 3 nitrogen and oxygen atoms in total. The van der Waals surface area contributed by atoms with E-state index in [4.69, 9.17) is 28.2 Å². The van der Waals surface area contributed by atoms with Gasteiger partial charge in [0.15, 0.2) is 0 Å². The molecular formula is C21H20Cl2N2O. The predicted molar refractivity (Wildman–Crippen MR) is 108 cm³/mol. The number of ketones is 1. The van der Waals surface area contributed by atoms with Crippen LogP contribution in [0, 0.1) is 11.3 Å². The lowest BCUT2D eigenvalue weighted by Gasteiger charge is -2.37. The van der Waals surface area contributed by atoms with Crippen LogP contribution in [0.4, 0.5) is 11.4 Å². The number of aliphatic imine (C=N–C) groups is 1. The first-order valence-electron chi connectivity index (χ1n) is 8.75. The number of carbonyl (C=O) groups is 1. The number of hydrogen-bond acceptors (Lipinski definition) is 3. The average Bonchev–Trinajstić information content (AvgIpc) is 2.72. The van der Waals surface area contributed by atoms with Gasteiger partial charge in [-0.05, 0) is 41.7 Å². The standard InChI is InChI=1S/C21H20Cl2N2O/c1-21(2)10-17-19(18(26)11-21)20(12-7-8-13(22)14(23)9-12)25-16-6-4-3-5-15(16)24-17/h3-9,19-20,25H,10-11H2,1-2H3/t19?,20-/m0/s1. The van der Waals surface area contributed by atoms with E-state index in [1.807, 2.05) is 36.4 Å². The molecule has 2 aromatic carbocycles. The first-order chi connectivity index (χ1) is 12.3. The number of fused-ring (bicyclic) bond motifs is 2. The van der Waals surface area contributed by atoms with Crippen molar-refractivity contribution in [3.8, 4) is 0 Å².